The third-order valence-corrected chi connectivity index (χ3v) is 2.25. The molecule has 0 saturated carbocycles. The highest BCUT2D eigenvalue weighted by atomic mass is 16.1. The van der Waals surface area contributed by atoms with Gasteiger partial charge in [-0.15, -0.1) is 16.8 Å². The number of nitrogens with zero attached hydrogens (tertiary/aromatic N) is 3. The molecule has 0 aliphatic rings. The minimum atomic E-state index is -0.0593. The fourth-order valence-electron chi connectivity index (χ4n) is 1.38. The van der Waals surface area contributed by atoms with Crippen molar-refractivity contribution in [3.05, 3.63) is 34.5 Å². The van der Waals surface area contributed by atoms with Crippen molar-refractivity contribution in [1.82, 2.24) is 14.8 Å². The van der Waals surface area contributed by atoms with E-state index in [1.807, 2.05) is 0 Å². The minimum absolute atomic E-state index is 0.0593. The molecule has 0 aromatic carbocycles. The van der Waals surface area contributed by atoms with Crippen LogP contribution in [0.5, 0.6) is 0 Å². The number of aromatic nitrogens is 3. The Labute approximate surface area is 89.7 Å². The average molecular weight is 207 g/mol. The molecule has 0 fully saturated rings. The molecule has 15 heavy (non-hydrogen) atoms. The van der Waals surface area contributed by atoms with Crippen LogP contribution in [0.4, 0.5) is 0 Å². The van der Waals surface area contributed by atoms with E-state index in [1.165, 1.54) is 0 Å². The summed E-state index contributed by atoms with van der Waals surface area (Å²) >= 11 is 0. The normalized spacial score (nSPS) is 10.3. The second kappa shape index (κ2) is 5.44. The van der Waals surface area contributed by atoms with Crippen molar-refractivity contribution in [2.75, 3.05) is 0 Å². The van der Waals surface area contributed by atoms with Gasteiger partial charge in [0.25, 0.3) is 5.56 Å². The van der Waals surface area contributed by atoms with E-state index in [1.54, 1.807) is 17.6 Å². The summed E-state index contributed by atoms with van der Waals surface area (Å²) in [5.41, 5.74) is 0.383. The summed E-state index contributed by atoms with van der Waals surface area (Å²) in [7, 11) is 0. The molecule has 0 unspecified atom stereocenters. The van der Waals surface area contributed by atoms with Gasteiger partial charge in [0.05, 0.1) is 0 Å². The molecule has 0 atom stereocenters. The van der Waals surface area contributed by atoms with Gasteiger partial charge in [-0.2, -0.15) is 0 Å². The molecule has 0 bridgehead atoms. The molecule has 0 saturated heterocycles. The van der Waals surface area contributed by atoms with Gasteiger partial charge in [-0.1, -0.05) is 19.4 Å². The molecule has 1 aromatic rings. The predicted octanol–water partition coefficient (Wildman–Crippen LogP) is 1.48. The van der Waals surface area contributed by atoms with E-state index in [-0.39, 0.29) is 5.56 Å². The smallest absolute Gasteiger partial charge is 0.275 e. The molecule has 0 radical (unpaired) electrons. The van der Waals surface area contributed by atoms with Crippen LogP contribution in [0.2, 0.25) is 0 Å². The Morgan fingerprint density at radius 2 is 2.20 bits per heavy atom. The molecule has 0 amide bonds. The standard InChI is InChI=1S/C11H17N3O/c1-4-6-7-10-13-12-9(3)11(15)14(10)8-5-2/h5H,2,4,6-8H2,1,3H3. The van der Waals surface area contributed by atoms with Crippen LogP contribution in [0, 0.1) is 6.92 Å². The molecular weight excluding hydrogens is 190 g/mol. The summed E-state index contributed by atoms with van der Waals surface area (Å²) < 4.78 is 1.64. The maximum absolute atomic E-state index is 11.8. The fraction of sp³-hybridized carbons (Fsp3) is 0.545. The Balaban J connectivity index is 3.08. The minimum Gasteiger partial charge on any atom is -0.290 e. The predicted molar refractivity (Wildman–Crippen MR) is 59.8 cm³/mol. The van der Waals surface area contributed by atoms with Crippen molar-refractivity contribution in [3.63, 3.8) is 0 Å². The van der Waals surface area contributed by atoms with Crippen molar-refractivity contribution in [3.8, 4) is 0 Å². The number of hydrogen-bond donors (Lipinski definition) is 0. The third-order valence-electron chi connectivity index (χ3n) is 2.25. The van der Waals surface area contributed by atoms with Crippen molar-refractivity contribution in [2.24, 2.45) is 0 Å². The molecule has 0 spiro atoms. The Bertz CT molecular complexity index is 395. The van der Waals surface area contributed by atoms with Gasteiger partial charge in [0.15, 0.2) is 0 Å². The van der Waals surface area contributed by atoms with Crippen LogP contribution >= 0.6 is 0 Å². The quantitative estimate of drug-likeness (QED) is 0.687. The molecule has 0 N–H and O–H groups in total. The molecule has 4 heteroatoms. The van der Waals surface area contributed by atoms with E-state index in [2.05, 4.69) is 23.7 Å². The average Bonchev–Trinajstić information content (AvgIpc) is 2.24. The zero-order valence-corrected chi connectivity index (χ0v) is 9.36. The number of rotatable bonds is 5. The highest BCUT2D eigenvalue weighted by molar-refractivity contribution is 4.98. The van der Waals surface area contributed by atoms with Gasteiger partial charge in [0.2, 0.25) is 0 Å². The second-order valence-corrected chi connectivity index (χ2v) is 3.51. The van der Waals surface area contributed by atoms with Gasteiger partial charge in [0.1, 0.15) is 11.5 Å². The van der Waals surface area contributed by atoms with Gasteiger partial charge in [-0.25, -0.2) is 0 Å². The first-order valence-corrected chi connectivity index (χ1v) is 5.24. The van der Waals surface area contributed by atoms with E-state index in [9.17, 15) is 4.79 Å². The molecular formula is C11H17N3O. The van der Waals surface area contributed by atoms with E-state index < -0.39 is 0 Å². The van der Waals surface area contributed by atoms with Gasteiger partial charge in [-0.3, -0.25) is 9.36 Å². The zero-order valence-electron chi connectivity index (χ0n) is 9.36. The molecule has 0 aliphatic heterocycles. The molecule has 4 nitrogen and oxygen atoms in total. The molecule has 0 aliphatic carbocycles. The van der Waals surface area contributed by atoms with Gasteiger partial charge in [-0.05, 0) is 13.3 Å². The SMILES string of the molecule is C=CCn1c(CCCC)nnc(C)c1=O. The van der Waals surface area contributed by atoms with Crippen molar-refractivity contribution < 1.29 is 0 Å². The summed E-state index contributed by atoms with van der Waals surface area (Å²) in [6.07, 6.45) is 4.61. The first-order valence-electron chi connectivity index (χ1n) is 5.24. The maximum atomic E-state index is 11.8. The lowest BCUT2D eigenvalue weighted by Gasteiger charge is -2.08. The van der Waals surface area contributed by atoms with Crippen LogP contribution in [0.15, 0.2) is 17.4 Å². The summed E-state index contributed by atoms with van der Waals surface area (Å²) in [5.74, 6) is 0.757. The Morgan fingerprint density at radius 3 is 2.80 bits per heavy atom. The molecule has 1 heterocycles. The summed E-state index contributed by atoms with van der Waals surface area (Å²) in [6, 6.07) is 0. The van der Waals surface area contributed by atoms with Crippen LogP contribution in [0.3, 0.4) is 0 Å². The van der Waals surface area contributed by atoms with Crippen molar-refractivity contribution >= 4 is 0 Å². The van der Waals surface area contributed by atoms with Crippen LogP contribution in [-0.4, -0.2) is 14.8 Å². The topological polar surface area (TPSA) is 47.8 Å². The lowest BCUT2D eigenvalue weighted by Crippen LogP contribution is -2.28. The van der Waals surface area contributed by atoms with Gasteiger partial charge >= 0.3 is 0 Å². The Hall–Kier alpha value is -1.45. The third kappa shape index (κ3) is 2.75. The fourth-order valence-corrected chi connectivity index (χ4v) is 1.38. The van der Waals surface area contributed by atoms with Crippen LogP contribution in [-0.2, 0) is 13.0 Å². The van der Waals surface area contributed by atoms with Gasteiger partial charge < -0.3 is 0 Å². The highest BCUT2D eigenvalue weighted by Gasteiger charge is 2.07. The summed E-state index contributed by atoms with van der Waals surface area (Å²) in [5, 5.41) is 7.92. The number of allylic oxidation sites excluding steroid dienone is 1. The monoisotopic (exact) mass is 207 g/mol. The Morgan fingerprint density at radius 1 is 1.47 bits per heavy atom. The molecule has 1 rings (SSSR count). The van der Waals surface area contributed by atoms with Crippen LogP contribution < -0.4 is 5.56 Å². The van der Waals surface area contributed by atoms with Gasteiger partial charge in [0, 0.05) is 13.0 Å². The number of hydrogen-bond acceptors (Lipinski definition) is 3. The van der Waals surface area contributed by atoms with Crippen molar-refractivity contribution in [2.45, 2.75) is 39.7 Å². The lowest BCUT2D eigenvalue weighted by molar-refractivity contribution is 0.611. The lowest BCUT2D eigenvalue weighted by atomic mass is 10.2. The number of unbranched alkanes of at least 4 members (excludes halogenated alkanes) is 1. The van der Waals surface area contributed by atoms with E-state index in [0.717, 1.165) is 25.1 Å². The highest BCUT2D eigenvalue weighted by Crippen LogP contribution is 1.99. The largest absolute Gasteiger partial charge is 0.290 e. The van der Waals surface area contributed by atoms with Crippen molar-refractivity contribution in [1.29, 1.82) is 0 Å². The number of aryl methyl sites for hydroxylation is 2. The van der Waals surface area contributed by atoms with E-state index in [4.69, 9.17) is 0 Å². The zero-order chi connectivity index (χ0) is 11.3. The van der Waals surface area contributed by atoms with E-state index in [0.29, 0.717) is 12.2 Å². The summed E-state index contributed by atoms with van der Waals surface area (Å²) in [4.78, 5) is 11.8. The molecule has 1 aromatic heterocycles. The maximum Gasteiger partial charge on any atom is 0.275 e. The Kier molecular flexibility index (Phi) is 4.21. The molecule has 82 valence electrons. The first-order chi connectivity index (χ1) is 7.20. The second-order valence-electron chi connectivity index (χ2n) is 3.51. The van der Waals surface area contributed by atoms with E-state index >= 15 is 0 Å². The van der Waals surface area contributed by atoms with Crippen LogP contribution in [0.1, 0.15) is 31.3 Å². The summed E-state index contributed by atoms with van der Waals surface area (Å²) in [6.45, 7) is 7.94. The first kappa shape index (κ1) is 11.6. The van der Waals surface area contributed by atoms with Crippen LogP contribution in [0.25, 0.3) is 0 Å².